The third kappa shape index (κ3) is 1.54. The largest absolute Gasteiger partial charge is 0.369 e. The first kappa shape index (κ1) is 14.1. The number of carbonyl (C=O) groups is 1. The maximum atomic E-state index is 13.1. The number of hydrogen-bond donors (Lipinski definition) is 2. The van der Waals surface area contributed by atoms with Gasteiger partial charge in [-0.2, -0.15) is 0 Å². The van der Waals surface area contributed by atoms with Gasteiger partial charge in [-0.3, -0.25) is 14.6 Å². The summed E-state index contributed by atoms with van der Waals surface area (Å²) in [6, 6.07) is 1.93. The molecule has 2 aliphatic heterocycles. The maximum absolute atomic E-state index is 13.1. The summed E-state index contributed by atoms with van der Waals surface area (Å²) in [5.74, 6) is -0.0252. The highest BCUT2D eigenvalue weighted by Crippen LogP contribution is 2.60. The van der Waals surface area contributed by atoms with Gasteiger partial charge in [0.05, 0.1) is 26.5 Å². The number of nitrogens with zero attached hydrogens (tertiary/aromatic N) is 1. The van der Waals surface area contributed by atoms with E-state index in [1.165, 1.54) is 0 Å². The standard InChI is InChI=1S/C18H10BrN3O2S/c19-8-4-18-5-11(25-10(18)3-9(8)23)22-16-13(18)14-12-7(1-2-20-14)6-21-15(12)17(16)24/h1-4,6,11,20,22H,5H2/t11-,18-/m0/s1. The van der Waals surface area contributed by atoms with E-state index in [4.69, 9.17) is 0 Å². The van der Waals surface area contributed by atoms with Gasteiger partial charge >= 0.3 is 0 Å². The van der Waals surface area contributed by atoms with Crippen LogP contribution in [0.4, 0.5) is 5.69 Å². The topological polar surface area (TPSA) is 74.8 Å². The molecule has 4 heterocycles. The highest BCUT2D eigenvalue weighted by molar-refractivity contribution is 9.12. The number of benzene rings is 1. The molecule has 1 aliphatic carbocycles. The van der Waals surface area contributed by atoms with E-state index >= 15 is 0 Å². The van der Waals surface area contributed by atoms with Crippen LogP contribution in [0.1, 0.15) is 12.0 Å². The SMILES string of the molecule is O=C1C=C2S[C@H]3C[C@]2(C=C1Br)c1c(c(=O)c2ncc4cc[nH]c1c42)N3. The third-order valence-electron chi connectivity index (χ3n) is 5.38. The first-order chi connectivity index (χ1) is 12.1. The molecule has 5 nitrogen and oxygen atoms in total. The van der Waals surface area contributed by atoms with E-state index in [0.717, 1.165) is 33.2 Å². The van der Waals surface area contributed by atoms with Crippen molar-refractivity contribution in [2.75, 3.05) is 5.32 Å². The van der Waals surface area contributed by atoms with Crippen molar-refractivity contribution in [1.29, 1.82) is 0 Å². The Kier molecular flexibility index (Phi) is 2.45. The van der Waals surface area contributed by atoms with Crippen LogP contribution in [0.2, 0.25) is 0 Å². The second kappa shape index (κ2) is 4.34. The fraction of sp³-hybridized carbons (Fsp3) is 0.167. The molecule has 1 spiro atoms. The van der Waals surface area contributed by atoms with E-state index in [9.17, 15) is 9.59 Å². The number of thioether (sulfide) groups is 1. The van der Waals surface area contributed by atoms with E-state index in [0.29, 0.717) is 15.7 Å². The number of fused-ring (bicyclic) bond motifs is 3. The Balaban J connectivity index is 1.85. The number of ketones is 1. The molecule has 1 fully saturated rings. The van der Waals surface area contributed by atoms with Crippen LogP contribution >= 0.6 is 27.7 Å². The number of nitrogens with one attached hydrogen (secondary N) is 2. The minimum atomic E-state index is -0.446. The molecule has 0 radical (unpaired) electrons. The summed E-state index contributed by atoms with van der Waals surface area (Å²) in [7, 11) is 0. The number of hydrogen-bond acceptors (Lipinski definition) is 5. The second-order valence-corrected chi connectivity index (χ2v) is 8.76. The van der Waals surface area contributed by atoms with Gasteiger partial charge in [-0.25, -0.2) is 0 Å². The molecule has 6 rings (SSSR count). The van der Waals surface area contributed by atoms with Gasteiger partial charge in [-0.1, -0.05) is 6.08 Å². The second-order valence-electron chi connectivity index (χ2n) is 6.66. The molecule has 0 unspecified atom stereocenters. The summed E-state index contributed by atoms with van der Waals surface area (Å²) in [5.41, 5.74) is 2.44. The lowest BCUT2D eigenvalue weighted by molar-refractivity contribution is -0.110. The Morgan fingerprint density at radius 2 is 2.24 bits per heavy atom. The van der Waals surface area contributed by atoms with Crippen LogP contribution in [0.15, 0.2) is 44.8 Å². The summed E-state index contributed by atoms with van der Waals surface area (Å²) in [6.45, 7) is 0. The Bertz CT molecular complexity index is 1240. The van der Waals surface area contributed by atoms with Gasteiger partial charge in [0, 0.05) is 33.6 Å². The van der Waals surface area contributed by atoms with Gasteiger partial charge < -0.3 is 10.3 Å². The summed E-state index contributed by atoms with van der Waals surface area (Å²) in [4.78, 5) is 34.0. The van der Waals surface area contributed by atoms with Gasteiger partial charge in [0.15, 0.2) is 5.78 Å². The van der Waals surface area contributed by atoms with E-state index in [1.807, 2.05) is 18.3 Å². The van der Waals surface area contributed by atoms with Crippen LogP contribution in [0, 0.1) is 0 Å². The normalized spacial score (nSPS) is 27.1. The fourth-order valence-electron chi connectivity index (χ4n) is 4.39. The number of allylic oxidation sites excluding steroid dienone is 4. The zero-order valence-corrected chi connectivity index (χ0v) is 15.1. The van der Waals surface area contributed by atoms with Crippen molar-refractivity contribution in [3.05, 3.63) is 55.8 Å². The summed E-state index contributed by atoms with van der Waals surface area (Å²) in [6.07, 6.45) is 8.12. The zero-order valence-electron chi connectivity index (χ0n) is 12.7. The van der Waals surface area contributed by atoms with E-state index in [1.54, 1.807) is 24.0 Å². The Morgan fingerprint density at radius 1 is 1.36 bits per heavy atom. The van der Waals surface area contributed by atoms with Gasteiger partial charge in [-0.05, 0) is 34.5 Å². The molecule has 25 heavy (non-hydrogen) atoms. The van der Waals surface area contributed by atoms with Crippen LogP contribution < -0.4 is 10.7 Å². The highest BCUT2D eigenvalue weighted by Gasteiger charge is 2.52. The molecular weight excluding hydrogens is 402 g/mol. The molecule has 2 aromatic heterocycles. The molecule has 7 heteroatoms. The molecule has 2 N–H and O–H groups in total. The summed E-state index contributed by atoms with van der Waals surface area (Å²) in [5, 5.41) is 5.29. The van der Waals surface area contributed by atoms with Crippen LogP contribution in [0.25, 0.3) is 21.8 Å². The molecule has 2 atom stereocenters. The monoisotopic (exact) mass is 411 g/mol. The van der Waals surface area contributed by atoms with Gasteiger partial charge in [0.25, 0.3) is 0 Å². The predicted molar refractivity (Wildman–Crippen MR) is 102 cm³/mol. The minimum Gasteiger partial charge on any atom is -0.369 e. The van der Waals surface area contributed by atoms with Crippen molar-refractivity contribution in [1.82, 2.24) is 9.97 Å². The minimum absolute atomic E-state index is 0.0252. The molecule has 0 amide bonds. The number of carbonyl (C=O) groups excluding carboxylic acids is 1. The number of aromatic amines is 1. The summed E-state index contributed by atoms with van der Waals surface area (Å²) < 4.78 is 0.553. The Labute approximate surface area is 154 Å². The highest BCUT2D eigenvalue weighted by atomic mass is 79.9. The third-order valence-corrected chi connectivity index (χ3v) is 7.30. The van der Waals surface area contributed by atoms with Crippen molar-refractivity contribution in [3.63, 3.8) is 0 Å². The maximum Gasteiger partial charge on any atom is 0.228 e. The van der Waals surface area contributed by atoms with Crippen molar-refractivity contribution >= 4 is 61.0 Å². The lowest BCUT2D eigenvalue weighted by Gasteiger charge is -2.35. The molecule has 3 aromatic rings. The first-order valence-corrected chi connectivity index (χ1v) is 9.60. The van der Waals surface area contributed by atoms with Crippen molar-refractivity contribution in [2.24, 2.45) is 0 Å². The van der Waals surface area contributed by atoms with Gasteiger partial charge in [-0.15, -0.1) is 11.8 Å². The van der Waals surface area contributed by atoms with E-state index < -0.39 is 5.41 Å². The number of anilines is 1. The van der Waals surface area contributed by atoms with Crippen molar-refractivity contribution < 1.29 is 4.79 Å². The van der Waals surface area contributed by atoms with Crippen LogP contribution in [-0.4, -0.2) is 21.1 Å². The first-order valence-electron chi connectivity index (χ1n) is 7.92. The van der Waals surface area contributed by atoms with Gasteiger partial charge in [0.1, 0.15) is 5.52 Å². The molecule has 1 aromatic carbocycles. The molecule has 1 saturated heterocycles. The molecule has 2 bridgehead atoms. The van der Waals surface area contributed by atoms with E-state index in [2.05, 4.69) is 31.2 Å². The number of rotatable bonds is 0. The number of H-pyrrole nitrogens is 1. The smallest absolute Gasteiger partial charge is 0.228 e. The van der Waals surface area contributed by atoms with Crippen molar-refractivity contribution in [3.8, 4) is 0 Å². The number of pyridine rings is 1. The molecule has 3 aliphatic rings. The summed E-state index contributed by atoms with van der Waals surface area (Å²) >= 11 is 5.05. The van der Waals surface area contributed by atoms with Crippen LogP contribution in [0.3, 0.4) is 0 Å². The van der Waals surface area contributed by atoms with Crippen LogP contribution in [-0.2, 0) is 10.2 Å². The fourth-order valence-corrected chi connectivity index (χ4v) is 6.35. The Morgan fingerprint density at radius 3 is 3.12 bits per heavy atom. The lowest BCUT2D eigenvalue weighted by atomic mass is 9.71. The zero-order chi connectivity index (χ0) is 16.9. The number of halogens is 1. The van der Waals surface area contributed by atoms with Crippen LogP contribution in [0.5, 0.6) is 0 Å². The average Bonchev–Trinajstić information content (AvgIpc) is 3.13. The van der Waals surface area contributed by atoms with Gasteiger partial charge in [0.2, 0.25) is 5.43 Å². The Hall–Kier alpha value is -2.12. The number of aromatic nitrogens is 2. The molecule has 0 saturated carbocycles. The quantitative estimate of drug-likeness (QED) is 0.592. The van der Waals surface area contributed by atoms with Crippen molar-refractivity contribution in [2.45, 2.75) is 17.2 Å². The van der Waals surface area contributed by atoms with E-state index in [-0.39, 0.29) is 16.6 Å². The molecule has 122 valence electrons. The predicted octanol–water partition coefficient (Wildman–Crippen LogP) is 3.39. The lowest BCUT2D eigenvalue weighted by Crippen LogP contribution is -2.36. The molecular formula is C18H10BrN3O2S. The average molecular weight is 412 g/mol.